The van der Waals surface area contributed by atoms with Crippen LogP contribution in [0.1, 0.15) is 86.0 Å². The minimum Gasteiger partial charge on any atom is -0.391 e. The quantitative estimate of drug-likeness (QED) is 0.524. The number of hydrogen-bond acceptors (Lipinski definition) is 2. The summed E-state index contributed by atoms with van der Waals surface area (Å²) in [6, 6.07) is 0. The summed E-state index contributed by atoms with van der Waals surface area (Å²) < 4.78 is 0. The van der Waals surface area contributed by atoms with Gasteiger partial charge in [-0.2, -0.15) is 0 Å². The molecule has 0 fully saturated rings. The van der Waals surface area contributed by atoms with E-state index in [1.165, 1.54) is 38.5 Å². The fraction of sp³-hybridized carbons (Fsp3) is 1.00. The van der Waals surface area contributed by atoms with Crippen LogP contribution >= 0.6 is 0 Å². The Morgan fingerprint density at radius 2 is 1.32 bits per heavy atom. The van der Waals surface area contributed by atoms with Gasteiger partial charge in [0.1, 0.15) is 0 Å². The molecular weight excluding hydrogens is 234 g/mol. The standard InChI is InChI=1S/C17H37NO/c1-6-9-10-11-12-13-14-15-16(19)17(4,5)18(7-2)8-3/h16,19H,6-15H2,1-5H3. The second-order valence-electron chi connectivity index (χ2n) is 6.25. The highest BCUT2D eigenvalue weighted by Crippen LogP contribution is 2.23. The van der Waals surface area contributed by atoms with E-state index in [4.69, 9.17) is 0 Å². The van der Waals surface area contributed by atoms with E-state index in [9.17, 15) is 5.11 Å². The lowest BCUT2D eigenvalue weighted by Gasteiger charge is -2.41. The lowest BCUT2D eigenvalue weighted by molar-refractivity contribution is -0.0104. The van der Waals surface area contributed by atoms with Crippen molar-refractivity contribution in [2.45, 2.75) is 97.6 Å². The third-order valence-electron chi connectivity index (χ3n) is 4.48. The van der Waals surface area contributed by atoms with E-state index in [0.29, 0.717) is 0 Å². The molecule has 0 heterocycles. The van der Waals surface area contributed by atoms with Crippen molar-refractivity contribution >= 4 is 0 Å². The topological polar surface area (TPSA) is 23.5 Å². The van der Waals surface area contributed by atoms with Crippen molar-refractivity contribution in [3.8, 4) is 0 Å². The number of unbranched alkanes of at least 4 members (excludes halogenated alkanes) is 6. The van der Waals surface area contributed by atoms with Crippen LogP contribution in [-0.2, 0) is 0 Å². The molecule has 19 heavy (non-hydrogen) atoms. The molecule has 0 aromatic rings. The second-order valence-corrected chi connectivity index (χ2v) is 6.25. The van der Waals surface area contributed by atoms with E-state index in [1.807, 2.05) is 0 Å². The van der Waals surface area contributed by atoms with Crippen LogP contribution in [0.3, 0.4) is 0 Å². The molecule has 1 atom stereocenters. The van der Waals surface area contributed by atoms with Gasteiger partial charge in [-0.1, -0.05) is 65.7 Å². The zero-order valence-corrected chi connectivity index (χ0v) is 14.0. The minimum atomic E-state index is -0.206. The van der Waals surface area contributed by atoms with Gasteiger partial charge in [0, 0.05) is 5.54 Å². The maximum atomic E-state index is 10.4. The highest BCUT2D eigenvalue weighted by atomic mass is 16.3. The van der Waals surface area contributed by atoms with Crippen LogP contribution in [0.25, 0.3) is 0 Å². The van der Waals surface area contributed by atoms with E-state index < -0.39 is 0 Å². The Balaban J connectivity index is 3.80. The second kappa shape index (κ2) is 10.7. The van der Waals surface area contributed by atoms with Crippen LogP contribution in [0, 0.1) is 0 Å². The van der Waals surface area contributed by atoms with Crippen molar-refractivity contribution in [2.75, 3.05) is 13.1 Å². The molecule has 0 rings (SSSR count). The smallest absolute Gasteiger partial charge is 0.0718 e. The summed E-state index contributed by atoms with van der Waals surface area (Å²) in [6.45, 7) is 13.0. The molecule has 0 aromatic carbocycles. The first-order valence-corrected chi connectivity index (χ1v) is 8.43. The molecule has 1 unspecified atom stereocenters. The third kappa shape index (κ3) is 7.31. The van der Waals surface area contributed by atoms with Crippen molar-refractivity contribution in [3.05, 3.63) is 0 Å². The van der Waals surface area contributed by atoms with E-state index in [-0.39, 0.29) is 11.6 Å². The first kappa shape index (κ1) is 18.9. The van der Waals surface area contributed by atoms with Crippen LogP contribution in [0.5, 0.6) is 0 Å². The molecule has 0 amide bonds. The van der Waals surface area contributed by atoms with E-state index in [0.717, 1.165) is 25.9 Å². The van der Waals surface area contributed by atoms with Crippen LogP contribution in [0.15, 0.2) is 0 Å². The van der Waals surface area contributed by atoms with Crippen LogP contribution in [0.4, 0.5) is 0 Å². The average molecular weight is 271 g/mol. The molecule has 1 N–H and O–H groups in total. The largest absolute Gasteiger partial charge is 0.391 e. The molecule has 0 saturated carbocycles. The van der Waals surface area contributed by atoms with Gasteiger partial charge in [0.25, 0.3) is 0 Å². The number of aliphatic hydroxyl groups is 1. The number of nitrogens with zero attached hydrogens (tertiary/aromatic N) is 1. The highest BCUT2D eigenvalue weighted by molar-refractivity contribution is 4.87. The summed E-state index contributed by atoms with van der Waals surface area (Å²) in [5.74, 6) is 0. The third-order valence-corrected chi connectivity index (χ3v) is 4.48. The Morgan fingerprint density at radius 1 is 0.842 bits per heavy atom. The molecule has 0 radical (unpaired) electrons. The maximum Gasteiger partial charge on any atom is 0.0718 e. The Kier molecular flexibility index (Phi) is 10.6. The molecule has 0 spiro atoms. The lowest BCUT2D eigenvalue weighted by atomic mass is 9.90. The molecule has 2 heteroatoms. The van der Waals surface area contributed by atoms with Gasteiger partial charge in [-0.15, -0.1) is 0 Å². The molecule has 0 aliphatic heterocycles. The zero-order valence-electron chi connectivity index (χ0n) is 14.0. The number of rotatable bonds is 12. The predicted octanol–water partition coefficient (Wildman–Crippen LogP) is 4.61. The Bertz CT molecular complexity index is 199. The summed E-state index contributed by atoms with van der Waals surface area (Å²) in [7, 11) is 0. The Hall–Kier alpha value is -0.0800. The Labute approximate surface area is 121 Å². The monoisotopic (exact) mass is 271 g/mol. The first-order chi connectivity index (χ1) is 9.00. The summed E-state index contributed by atoms with van der Waals surface area (Å²) in [6.07, 6.45) is 9.94. The number of aliphatic hydroxyl groups excluding tert-OH is 1. The summed E-state index contributed by atoms with van der Waals surface area (Å²) in [5, 5.41) is 10.4. The van der Waals surface area contributed by atoms with Crippen LogP contribution in [-0.4, -0.2) is 34.7 Å². The Morgan fingerprint density at radius 3 is 1.79 bits per heavy atom. The highest BCUT2D eigenvalue weighted by Gasteiger charge is 2.31. The van der Waals surface area contributed by atoms with Gasteiger partial charge >= 0.3 is 0 Å². The van der Waals surface area contributed by atoms with Gasteiger partial charge in [0.2, 0.25) is 0 Å². The molecule has 0 saturated heterocycles. The van der Waals surface area contributed by atoms with Gasteiger partial charge in [0.05, 0.1) is 6.10 Å². The van der Waals surface area contributed by atoms with Gasteiger partial charge < -0.3 is 5.11 Å². The van der Waals surface area contributed by atoms with Gasteiger partial charge in [-0.25, -0.2) is 0 Å². The molecule has 0 bridgehead atoms. The normalized spacial score (nSPS) is 14.1. The first-order valence-electron chi connectivity index (χ1n) is 8.43. The van der Waals surface area contributed by atoms with E-state index >= 15 is 0 Å². The molecule has 2 nitrogen and oxygen atoms in total. The molecule has 0 aliphatic carbocycles. The van der Waals surface area contributed by atoms with Crippen molar-refractivity contribution in [1.82, 2.24) is 4.90 Å². The molecule has 116 valence electrons. The molecule has 0 aromatic heterocycles. The average Bonchev–Trinajstić information content (AvgIpc) is 2.38. The van der Waals surface area contributed by atoms with E-state index in [1.54, 1.807) is 0 Å². The molecular formula is C17H37NO. The fourth-order valence-corrected chi connectivity index (χ4v) is 2.90. The van der Waals surface area contributed by atoms with Crippen molar-refractivity contribution in [2.24, 2.45) is 0 Å². The summed E-state index contributed by atoms with van der Waals surface area (Å²) >= 11 is 0. The van der Waals surface area contributed by atoms with Crippen molar-refractivity contribution < 1.29 is 5.11 Å². The van der Waals surface area contributed by atoms with Crippen LogP contribution < -0.4 is 0 Å². The predicted molar refractivity (Wildman–Crippen MR) is 85.6 cm³/mol. The SMILES string of the molecule is CCCCCCCCCC(O)C(C)(C)N(CC)CC. The van der Waals surface area contributed by atoms with Crippen molar-refractivity contribution in [3.63, 3.8) is 0 Å². The number of hydrogen-bond donors (Lipinski definition) is 1. The summed E-state index contributed by atoms with van der Waals surface area (Å²) in [4.78, 5) is 2.36. The molecule has 0 aliphatic rings. The maximum absolute atomic E-state index is 10.4. The zero-order chi connectivity index (χ0) is 14.7. The van der Waals surface area contributed by atoms with Gasteiger partial charge in [-0.05, 0) is 33.4 Å². The summed E-state index contributed by atoms with van der Waals surface area (Å²) in [5.41, 5.74) is -0.0916. The van der Waals surface area contributed by atoms with Gasteiger partial charge in [-0.3, -0.25) is 4.90 Å². The minimum absolute atomic E-state index is 0.0916. The van der Waals surface area contributed by atoms with Crippen molar-refractivity contribution in [1.29, 1.82) is 0 Å². The fourth-order valence-electron chi connectivity index (χ4n) is 2.90. The lowest BCUT2D eigenvalue weighted by Crippen LogP contribution is -2.52. The number of likely N-dealkylation sites (N-methyl/N-ethyl adjacent to an activating group) is 1. The van der Waals surface area contributed by atoms with Gasteiger partial charge in [0.15, 0.2) is 0 Å². The van der Waals surface area contributed by atoms with E-state index in [2.05, 4.69) is 39.5 Å². The van der Waals surface area contributed by atoms with Crippen LogP contribution in [0.2, 0.25) is 0 Å².